The predicted molar refractivity (Wildman–Crippen MR) is 79.5 cm³/mol. The lowest BCUT2D eigenvalue weighted by Crippen LogP contribution is -2.14. The van der Waals surface area contributed by atoms with Crippen molar-refractivity contribution in [3.8, 4) is 11.8 Å². The molecular weight excluding hydrogens is 250 g/mol. The number of methoxy groups -OCH3 is 1. The van der Waals surface area contributed by atoms with Crippen LogP contribution in [0.5, 0.6) is 5.75 Å². The van der Waals surface area contributed by atoms with E-state index in [1.54, 1.807) is 7.11 Å². The molecule has 0 unspecified atom stereocenters. The minimum Gasteiger partial charge on any atom is -0.497 e. The molecule has 2 aromatic rings. The van der Waals surface area contributed by atoms with Crippen molar-refractivity contribution in [1.29, 1.82) is 5.26 Å². The summed E-state index contributed by atoms with van der Waals surface area (Å²) in [7, 11) is 3.53. The van der Waals surface area contributed by atoms with Crippen LogP contribution in [0.3, 0.4) is 0 Å². The van der Waals surface area contributed by atoms with Crippen molar-refractivity contribution in [1.82, 2.24) is 4.98 Å². The van der Waals surface area contributed by atoms with Crippen molar-refractivity contribution in [2.24, 2.45) is 0 Å². The Morgan fingerprint density at radius 2 is 2.00 bits per heavy atom. The number of aryl methyl sites for hydroxylation is 2. The maximum atomic E-state index is 9.35. The molecule has 0 atom stereocenters. The zero-order valence-electron chi connectivity index (χ0n) is 12.1. The van der Waals surface area contributed by atoms with Crippen LogP contribution in [0.4, 0.5) is 11.5 Å². The number of anilines is 2. The summed E-state index contributed by atoms with van der Waals surface area (Å²) in [6, 6.07) is 11.8. The maximum absolute atomic E-state index is 9.35. The van der Waals surface area contributed by atoms with E-state index in [-0.39, 0.29) is 0 Å². The molecule has 1 aromatic carbocycles. The average Bonchev–Trinajstić information content (AvgIpc) is 2.45. The van der Waals surface area contributed by atoms with E-state index in [0.717, 1.165) is 22.7 Å². The second-order valence-corrected chi connectivity index (χ2v) is 4.65. The highest BCUT2D eigenvalue weighted by Crippen LogP contribution is 2.29. The van der Waals surface area contributed by atoms with E-state index in [4.69, 9.17) is 4.74 Å². The summed E-state index contributed by atoms with van der Waals surface area (Å²) in [5, 5.41) is 9.35. The Morgan fingerprint density at radius 1 is 1.25 bits per heavy atom. The molecule has 0 aliphatic rings. The second kappa shape index (κ2) is 5.62. The van der Waals surface area contributed by atoms with Gasteiger partial charge in [-0.1, -0.05) is 6.07 Å². The smallest absolute Gasteiger partial charge is 0.151 e. The Hall–Kier alpha value is -2.54. The summed E-state index contributed by atoms with van der Waals surface area (Å²) in [5.41, 5.74) is 3.36. The van der Waals surface area contributed by atoms with E-state index in [1.807, 2.05) is 56.1 Å². The summed E-state index contributed by atoms with van der Waals surface area (Å²) >= 11 is 0. The normalized spacial score (nSPS) is 9.95. The number of hydrogen-bond acceptors (Lipinski definition) is 4. The van der Waals surface area contributed by atoms with Crippen molar-refractivity contribution in [3.63, 3.8) is 0 Å². The molecule has 0 radical (unpaired) electrons. The third-order valence-corrected chi connectivity index (χ3v) is 3.20. The van der Waals surface area contributed by atoms with Crippen molar-refractivity contribution < 1.29 is 4.74 Å². The molecular formula is C16H17N3O. The summed E-state index contributed by atoms with van der Waals surface area (Å²) in [6.45, 7) is 3.85. The lowest BCUT2D eigenvalue weighted by molar-refractivity contribution is 0.415. The van der Waals surface area contributed by atoms with Gasteiger partial charge in [0, 0.05) is 24.5 Å². The molecule has 0 aliphatic heterocycles. The Kier molecular flexibility index (Phi) is 3.90. The van der Waals surface area contributed by atoms with Crippen LogP contribution in [0.15, 0.2) is 30.3 Å². The largest absolute Gasteiger partial charge is 0.497 e. The minimum atomic E-state index is 0.598. The monoisotopic (exact) mass is 267 g/mol. The molecule has 0 amide bonds. The quantitative estimate of drug-likeness (QED) is 0.855. The van der Waals surface area contributed by atoms with E-state index in [9.17, 15) is 5.26 Å². The fourth-order valence-corrected chi connectivity index (χ4v) is 2.14. The number of pyridine rings is 1. The molecule has 1 heterocycles. The van der Waals surface area contributed by atoms with Crippen molar-refractivity contribution >= 4 is 11.5 Å². The van der Waals surface area contributed by atoms with E-state index in [1.165, 1.54) is 0 Å². The molecule has 20 heavy (non-hydrogen) atoms. The van der Waals surface area contributed by atoms with Crippen LogP contribution < -0.4 is 9.64 Å². The fraction of sp³-hybridized carbons (Fsp3) is 0.250. The van der Waals surface area contributed by atoms with Crippen molar-refractivity contribution in [2.45, 2.75) is 13.8 Å². The Balaban J connectivity index is 2.53. The first-order chi connectivity index (χ1) is 9.56. The highest BCUT2D eigenvalue weighted by molar-refractivity contribution is 5.67. The second-order valence-electron chi connectivity index (χ2n) is 4.65. The highest BCUT2D eigenvalue weighted by atomic mass is 16.5. The fourth-order valence-electron chi connectivity index (χ4n) is 2.14. The number of nitriles is 1. The third-order valence-electron chi connectivity index (χ3n) is 3.20. The van der Waals surface area contributed by atoms with E-state index < -0.39 is 0 Å². The van der Waals surface area contributed by atoms with Gasteiger partial charge >= 0.3 is 0 Å². The number of rotatable bonds is 3. The minimum absolute atomic E-state index is 0.598. The zero-order valence-corrected chi connectivity index (χ0v) is 12.1. The molecule has 0 N–H and O–H groups in total. The van der Waals surface area contributed by atoms with Crippen LogP contribution in [0, 0.1) is 25.2 Å². The van der Waals surface area contributed by atoms with E-state index >= 15 is 0 Å². The zero-order chi connectivity index (χ0) is 14.7. The van der Waals surface area contributed by atoms with Gasteiger partial charge in [0.25, 0.3) is 0 Å². The van der Waals surface area contributed by atoms with Gasteiger partial charge in [-0.3, -0.25) is 0 Å². The molecule has 0 bridgehead atoms. The summed E-state index contributed by atoms with van der Waals surface area (Å²) < 4.78 is 5.23. The molecule has 2 rings (SSSR count). The Morgan fingerprint density at radius 3 is 2.65 bits per heavy atom. The van der Waals surface area contributed by atoms with Crippen LogP contribution in [-0.2, 0) is 0 Å². The SMILES string of the molecule is COc1cccc(N(C)c2nc(C)cc(C)c2C#N)c1. The van der Waals surface area contributed by atoms with Gasteiger partial charge in [-0.25, -0.2) is 4.98 Å². The lowest BCUT2D eigenvalue weighted by atomic mass is 10.1. The van der Waals surface area contributed by atoms with Gasteiger partial charge in [-0.2, -0.15) is 5.26 Å². The molecule has 102 valence electrons. The number of hydrogen-bond donors (Lipinski definition) is 0. The molecule has 4 heteroatoms. The van der Waals surface area contributed by atoms with Gasteiger partial charge in [0.2, 0.25) is 0 Å². The first-order valence-electron chi connectivity index (χ1n) is 6.33. The van der Waals surface area contributed by atoms with Gasteiger partial charge < -0.3 is 9.64 Å². The molecule has 0 fully saturated rings. The van der Waals surface area contributed by atoms with Crippen LogP contribution in [0.1, 0.15) is 16.8 Å². The Labute approximate surface area is 119 Å². The number of nitrogens with zero attached hydrogens (tertiary/aromatic N) is 3. The summed E-state index contributed by atoms with van der Waals surface area (Å²) in [6.07, 6.45) is 0. The number of benzene rings is 1. The highest BCUT2D eigenvalue weighted by Gasteiger charge is 2.14. The van der Waals surface area contributed by atoms with Gasteiger partial charge in [-0.05, 0) is 37.6 Å². The standard InChI is InChI=1S/C16H17N3O/c1-11-8-12(2)18-16(15(11)10-17)19(3)13-6-5-7-14(9-13)20-4/h5-9H,1-4H3. The van der Waals surface area contributed by atoms with Crippen molar-refractivity contribution in [2.75, 3.05) is 19.1 Å². The number of aromatic nitrogens is 1. The van der Waals surface area contributed by atoms with Crippen LogP contribution in [0.25, 0.3) is 0 Å². The molecule has 0 spiro atoms. The van der Waals surface area contributed by atoms with Crippen LogP contribution in [0.2, 0.25) is 0 Å². The summed E-state index contributed by atoms with van der Waals surface area (Å²) in [4.78, 5) is 6.40. The molecule has 0 saturated heterocycles. The average molecular weight is 267 g/mol. The molecule has 0 aliphatic carbocycles. The Bertz CT molecular complexity index is 674. The molecule has 1 aromatic heterocycles. The van der Waals surface area contributed by atoms with Gasteiger partial charge in [-0.15, -0.1) is 0 Å². The van der Waals surface area contributed by atoms with Crippen LogP contribution >= 0.6 is 0 Å². The topological polar surface area (TPSA) is 49.1 Å². The first kappa shape index (κ1) is 13.9. The first-order valence-corrected chi connectivity index (χ1v) is 6.33. The van der Waals surface area contributed by atoms with Gasteiger partial charge in [0.05, 0.1) is 12.7 Å². The maximum Gasteiger partial charge on any atom is 0.151 e. The third kappa shape index (κ3) is 2.57. The van der Waals surface area contributed by atoms with Crippen LogP contribution in [-0.4, -0.2) is 19.1 Å². The van der Waals surface area contributed by atoms with E-state index in [0.29, 0.717) is 11.4 Å². The van der Waals surface area contributed by atoms with Gasteiger partial charge in [0.15, 0.2) is 5.82 Å². The van der Waals surface area contributed by atoms with E-state index in [2.05, 4.69) is 11.1 Å². The lowest BCUT2D eigenvalue weighted by Gasteiger charge is -2.21. The number of ether oxygens (including phenoxy) is 1. The van der Waals surface area contributed by atoms with Gasteiger partial charge in [0.1, 0.15) is 11.8 Å². The summed E-state index contributed by atoms with van der Waals surface area (Å²) in [5.74, 6) is 1.44. The van der Waals surface area contributed by atoms with Crippen molar-refractivity contribution in [3.05, 3.63) is 47.2 Å². The molecule has 0 saturated carbocycles. The predicted octanol–water partition coefficient (Wildman–Crippen LogP) is 3.35. The molecule has 4 nitrogen and oxygen atoms in total.